The van der Waals surface area contributed by atoms with E-state index in [0.29, 0.717) is 0 Å². The van der Waals surface area contributed by atoms with Gasteiger partial charge in [0, 0.05) is 0 Å². The van der Waals surface area contributed by atoms with Gasteiger partial charge in [-0.1, -0.05) is 54.7 Å². The molecule has 1 radical (unpaired) electrons. The van der Waals surface area contributed by atoms with Crippen molar-refractivity contribution >= 4 is 17.9 Å². The fraction of sp³-hybridized carbons (Fsp3) is 0.167. The Hall–Kier alpha value is -2.53. The number of aliphatic carboxylic acids is 3. The average Bonchev–Trinajstić information content (AvgIpc) is 2.48. The zero-order valence-electron chi connectivity index (χ0n) is 14.2. The second-order valence-electron chi connectivity index (χ2n) is 3.61. The fourth-order valence-electron chi connectivity index (χ4n) is 0.736. The van der Waals surface area contributed by atoms with Gasteiger partial charge in [-0.3, -0.25) is 0 Å². The van der Waals surface area contributed by atoms with E-state index in [-0.39, 0.29) is 19.5 Å². The van der Waals surface area contributed by atoms with Crippen molar-refractivity contribution in [2.24, 2.45) is 0 Å². The number of hydrogen-bond acceptors (Lipinski definition) is 6. The molecule has 0 amide bonds. The normalized spacial score (nSPS) is 10.7. The SMILES string of the molecule is CC=CC=CC(=O)[O-].CC=CC=CC(=O)[O-].CC=CC=CC(=O)[O-].[Ru+3]. The van der Waals surface area contributed by atoms with Crippen LogP contribution in [0.1, 0.15) is 20.8 Å². The van der Waals surface area contributed by atoms with Gasteiger partial charge < -0.3 is 29.7 Å². The number of carbonyl (C=O) groups is 3. The molecule has 0 aliphatic carbocycles. The first-order chi connectivity index (χ1) is 11.3. The van der Waals surface area contributed by atoms with Gasteiger partial charge in [0.05, 0.1) is 17.9 Å². The molecule has 25 heavy (non-hydrogen) atoms. The molecule has 0 heterocycles. The molecule has 0 aromatic carbocycles. The van der Waals surface area contributed by atoms with Crippen molar-refractivity contribution in [1.29, 1.82) is 0 Å². The molecule has 0 saturated carbocycles. The maximum Gasteiger partial charge on any atom is 3.00 e. The minimum absolute atomic E-state index is 0. The Balaban J connectivity index is -0.000000130. The zero-order chi connectivity index (χ0) is 19.2. The van der Waals surface area contributed by atoms with Crippen LogP contribution in [-0.4, -0.2) is 17.9 Å². The zero-order valence-corrected chi connectivity index (χ0v) is 16.0. The molecule has 0 aliphatic rings. The van der Waals surface area contributed by atoms with Crippen molar-refractivity contribution in [2.75, 3.05) is 0 Å². The largest absolute Gasteiger partial charge is 3.00 e. The number of rotatable bonds is 6. The van der Waals surface area contributed by atoms with Crippen LogP contribution in [0, 0.1) is 0 Å². The maximum absolute atomic E-state index is 9.64. The van der Waals surface area contributed by atoms with Crippen LogP contribution in [0.25, 0.3) is 0 Å². The number of carboxylic acid groups (broad SMARTS) is 3. The van der Waals surface area contributed by atoms with E-state index in [4.69, 9.17) is 0 Å². The molecule has 0 saturated heterocycles. The second-order valence-corrected chi connectivity index (χ2v) is 3.61. The van der Waals surface area contributed by atoms with Gasteiger partial charge in [0.1, 0.15) is 0 Å². The molecular weight excluding hydrogens is 413 g/mol. The molecule has 137 valence electrons. The van der Waals surface area contributed by atoms with Crippen molar-refractivity contribution in [1.82, 2.24) is 0 Å². The van der Waals surface area contributed by atoms with Crippen LogP contribution in [0.15, 0.2) is 72.9 Å². The van der Waals surface area contributed by atoms with E-state index in [0.717, 1.165) is 18.2 Å². The summed E-state index contributed by atoms with van der Waals surface area (Å²) in [6.45, 7) is 5.42. The Bertz CT molecular complexity index is 450. The first-order valence-electron chi connectivity index (χ1n) is 6.82. The quantitative estimate of drug-likeness (QED) is 0.319. The van der Waals surface area contributed by atoms with E-state index in [1.165, 1.54) is 18.2 Å². The second kappa shape index (κ2) is 26.4. The first-order valence-corrected chi connectivity index (χ1v) is 6.82. The van der Waals surface area contributed by atoms with E-state index in [2.05, 4.69) is 0 Å². The van der Waals surface area contributed by atoms with Gasteiger partial charge in [0.2, 0.25) is 0 Å². The van der Waals surface area contributed by atoms with Crippen molar-refractivity contribution in [3.8, 4) is 0 Å². The van der Waals surface area contributed by atoms with Crippen LogP contribution < -0.4 is 15.3 Å². The summed E-state index contributed by atoms with van der Waals surface area (Å²) < 4.78 is 0. The molecule has 0 aromatic rings. The summed E-state index contributed by atoms with van der Waals surface area (Å²) in [5.41, 5.74) is 0. The van der Waals surface area contributed by atoms with Gasteiger partial charge in [-0.2, -0.15) is 0 Å². The maximum atomic E-state index is 9.64. The molecule has 0 unspecified atom stereocenters. The molecule has 0 fully saturated rings. The van der Waals surface area contributed by atoms with Gasteiger partial charge >= 0.3 is 19.5 Å². The van der Waals surface area contributed by atoms with Gasteiger partial charge in [-0.05, 0) is 39.0 Å². The Morgan fingerprint density at radius 2 is 0.720 bits per heavy atom. The average molecular weight is 434 g/mol. The Morgan fingerprint density at radius 1 is 0.520 bits per heavy atom. The molecule has 6 nitrogen and oxygen atoms in total. The van der Waals surface area contributed by atoms with E-state index >= 15 is 0 Å². The van der Waals surface area contributed by atoms with E-state index in [9.17, 15) is 29.7 Å². The Morgan fingerprint density at radius 3 is 0.840 bits per heavy atom. The molecule has 0 bridgehead atoms. The number of allylic oxidation sites excluding steroid dienone is 9. The predicted octanol–water partition coefficient (Wildman–Crippen LogP) is -0.397. The van der Waals surface area contributed by atoms with Crippen molar-refractivity contribution in [3.63, 3.8) is 0 Å². The molecular formula is C18H21O6Ru. The number of carboxylic acids is 3. The summed E-state index contributed by atoms with van der Waals surface area (Å²) in [4.78, 5) is 28.9. The Kier molecular flexibility index (Phi) is 32.0. The summed E-state index contributed by atoms with van der Waals surface area (Å²) in [5, 5.41) is 28.9. The van der Waals surface area contributed by atoms with Crippen molar-refractivity contribution in [3.05, 3.63) is 72.9 Å². The molecule has 0 spiro atoms. The fourth-order valence-corrected chi connectivity index (χ4v) is 0.736. The third-order valence-corrected chi connectivity index (χ3v) is 1.61. The monoisotopic (exact) mass is 435 g/mol. The first kappa shape index (κ1) is 30.4. The van der Waals surface area contributed by atoms with Crippen LogP contribution in [0.5, 0.6) is 0 Å². The topological polar surface area (TPSA) is 120 Å². The standard InChI is InChI=1S/3C6H8O2.Ru/c3*1-2-3-4-5-6(7)8;/h3*2-5H,1H3,(H,7,8);/q;;;+3/p-3. The minimum atomic E-state index is -1.16. The molecule has 0 rings (SSSR count). The molecule has 0 atom stereocenters. The molecule has 0 aromatic heterocycles. The van der Waals surface area contributed by atoms with Gasteiger partial charge in [0.25, 0.3) is 0 Å². The van der Waals surface area contributed by atoms with Gasteiger partial charge in [-0.15, -0.1) is 0 Å². The third kappa shape index (κ3) is 52.3. The van der Waals surface area contributed by atoms with Crippen LogP contribution >= 0.6 is 0 Å². The van der Waals surface area contributed by atoms with E-state index in [1.54, 1.807) is 57.2 Å². The van der Waals surface area contributed by atoms with E-state index < -0.39 is 17.9 Å². The molecule has 7 heteroatoms. The van der Waals surface area contributed by atoms with Crippen molar-refractivity contribution < 1.29 is 49.2 Å². The summed E-state index contributed by atoms with van der Waals surface area (Å²) in [7, 11) is 0. The number of hydrogen-bond donors (Lipinski definition) is 0. The van der Waals surface area contributed by atoms with Gasteiger partial charge in [0.15, 0.2) is 0 Å². The Labute approximate surface area is 161 Å². The summed E-state index contributed by atoms with van der Waals surface area (Å²) in [5.74, 6) is -3.49. The van der Waals surface area contributed by atoms with Gasteiger partial charge in [-0.25, -0.2) is 0 Å². The van der Waals surface area contributed by atoms with E-state index in [1.807, 2.05) is 0 Å². The van der Waals surface area contributed by atoms with Crippen LogP contribution in [0.2, 0.25) is 0 Å². The van der Waals surface area contributed by atoms with Crippen LogP contribution in [0.3, 0.4) is 0 Å². The summed E-state index contributed by atoms with van der Waals surface area (Å²) in [6, 6.07) is 0. The minimum Gasteiger partial charge on any atom is -0.545 e. The van der Waals surface area contributed by atoms with Crippen LogP contribution in [0.4, 0.5) is 0 Å². The summed E-state index contributed by atoms with van der Waals surface area (Å²) in [6.07, 6.45) is 17.2. The third-order valence-electron chi connectivity index (χ3n) is 1.61. The molecule has 0 N–H and O–H groups in total. The van der Waals surface area contributed by atoms with Crippen LogP contribution in [-0.2, 0) is 33.9 Å². The van der Waals surface area contributed by atoms with Crippen molar-refractivity contribution in [2.45, 2.75) is 20.8 Å². The number of carbonyl (C=O) groups excluding carboxylic acids is 3. The summed E-state index contributed by atoms with van der Waals surface area (Å²) >= 11 is 0. The smallest absolute Gasteiger partial charge is 0.545 e. The molecule has 0 aliphatic heterocycles. The predicted molar refractivity (Wildman–Crippen MR) is 86.9 cm³/mol.